The van der Waals surface area contributed by atoms with Crippen LogP contribution in [0.2, 0.25) is 0 Å². The Morgan fingerprint density at radius 3 is 2.41 bits per heavy atom. The first-order chi connectivity index (χ1) is 13.8. The monoisotopic (exact) mass is 412 g/mol. The van der Waals surface area contributed by atoms with E-state index in [4.69, 9.17) is 4.42 Å². The summed E-state index contributed by atoms with van der Waals surface area (Å²) in [5, 5.41) is 5.52. The number of sulfone groups is 1. The van der Waals surface area contributed by atoms with E-state index in [1.165, 1.54) is 6.26 Å². The van der Waals surface area contributed by atoms with Crippen LogP contribution in [0.4, 0.5) is 5.69 Å². The van der Waals surface area contributed by atoms with E-state index in [0.717, 1.165) is 11.8 Å². The molecule has 0 bridgehead atoms. The van der Waals surface area contributed by atoms with E-state index in [1.807, 2.05) is 6.07 Å². The molecule has 0 saturated carbocycles. The molecule has 29 heavy (non-hydrogen) atoms. The summed E-state index contributed by atoms with van der Waals surface area (Å²) in [4.78, 5) is 24.5. The van der Waals surface area contributed by atoms with Crippen molar-refractivity contribution >= 4 is 27.3 Å². The van der Waals surface area contributed by atoms with Crippen molar-refractivity contribution in [2.75, 3.05) is 11.6 Å². The van der Waals surface area contributed by atoms with Crippen LogP contribution in [0, 0.1) is 0 Å². The number of anilines is 1. The third-order valence-corrected chi connectivity index (χ3v) is 4.86. The molecule has 8 heteroatoms. The van der Waals surface area contributed by atoms with Crippen LogP contribution in [0.3, 0.4) is 0 Å². The Morgan fingerprint density at radius 2 is 1.69 bits per heavy atom. The number of carbonyl (C=O) groups excluding carboxylic acids is 2. The molecule has 0 aliphatic rings. The highest BCUT2D eigenvalue weighted by Crippen LogP contribution is 2.13. The number of benzene rings is 2. The highest BCUT2D eigenvalue weighted by Gasteiger charge is 2.11. The van der Waals surface area contributed by atoms with Crippen LogP contribution in [0.1, 0.15) is 32.0 Å². The minimum absolute atomic E-state index is 0.120. The smallest absolute Gasteiger partial charge is 0.291 e. The molecule has 3 rings (SSSR count). The van der Waals surface area contributed by atoms with Crippen LogP contribution in [0.5, 0.6) is 0 Å². The summed E-state index contributed by atoms with van der Waals surface area (Å²) in [6.07, 6.45) is 2.57. The molecule has 3 aromatic rings. The van der Waals surface area contributed by atoms with Gasteiger partial charge in [0, 0.05) is 24.1 Å². The summed E-state index contributed by atoms with van der Waals surface area (Å²) >= 11 is 0. The van der Waals surface area contributed by atoms with E-state index in [-0.39, 0.29) is 29.9 Å². The summed E-state index contributed by atoms with van der Waals surface area (Å²) in [5.41, 5.74) is 2.31. The van der Waals surface area contributed by atoms with Gasteiger partial charge in [0.25, 0.3) is 11.8 Å². The van der Waals surface area contributed by atoms with Gasteiger partial charge >= 0.3 is 0 Å². The molecule has 0 atom stereocenters. The normalized spacial score (nSPS) is 11.1. The van der Waals surface area contributed by atoms with Gasteiger partial charge < -0.3 is 15.1 Å². The van der Waals surface area contributed by atoms with Gasteiger partial charge in [-0.3, -0.25) is 9.59 Å². The Kier molecular flexibility index (Phi) is 6.13. The molecule has 1 aromatic heterocycles. The molecule has 0 unspecified atom stereocenters. The third kappa shape index (κ3) is 6.05. The molecule has 0 saturated heterocycles. The Labute approximate surface area is 168 Å². The molecule has 2 aromatic carbocycles. The lowest BCUT2D eigenvalue weighted by molar-refractivity contribution is 0.0949. The van der Waals surface area contributed by atoms with Gasteiger partial charge in [-0.05, 0) is 47.5 Å². The molecular weight excluding hydrogens is 392 g/mol. The van der Waals surface area contributed by atoms with E-state index in [2.05, 4.69) is 10.6 Å². The number of nitrogens with one attached hydrogen (secondary N) is 2. The van der Waals surface area contributed by atoms with Gasteiger partial charge in [-0.15, -0.1) is 0 Å². The predicted octanol–water partition coefficient (Wildman–Crippen LogP) is 3.01. The van der Waals surface area contributed by atoms with Crippen molar-refractivity contribution < 1.29 is 22.4 Å². The minimum atomic E-state index is -3.18. The predicted molar refractivity (Wildman–Crippen MR) is 109 cm³/mol. The van der Waals surface area contributed by atoms with Crippen molar-refractivity contribution in [3.05, 3.63) is 89.4 Å². The zero-order valence-corrected chi connectivity index (χ0v) is 16.5. The average Bonchev–Trinajstić information content (AvgIpc) is 3.20. The Balaban J connectivity index is 1.62. The van der Waals surface area contributed by atoms with Gasteiger partial charge in [-0.2, -0.15) is 0 Å². The van der Waals surface area contributed by atoms with E-state index in [1.54, 1.807) is 54.6 Å². The van der Waals surface area contributed by atoms with Gasteiger partial charge in [0.05, 0.1) is 12.0 Å². The van der Waals surface area contributed by atoms with Gasteiger partial charge in [-0.25, -0.2) is 8.42 Å². The van der Waals surface area contributed by atoms with Crippen molar-refractivity contribution in [2.24, 2.45) is 0 Å². The van der Waals surface area contributed by atoms with Crippen molar-refractivity contribution in [3.63, 3.8) is 0 Å². The van der Waals surface area contributed by atoms with Crippen LogP contribution >= 0.6 is 0 Å². The fraction of sp³-hybridized carbons (Fsp3) is 0.143. The van der Waals surface area contributed by atoms with Crippen molar-refractivity contribution in [2.45, 2.75) is 12.3 Å². The summed E-state index contributed by atoms with van der Waals surface area (Å²) in [7, 11) is -3.18. The van der Waals surface area contributed by atoms with Gasteiger partial charge in [0.2, 0.25) is 0 Å². The zero-order chi connectivity index (χ0) is 20.9. The molecule has 1 heterocycles. The molecule has 7 nitrogen and oxygen atoms in total. The van der Waals surface area contributed by atoms with Crippen molar-refractivity contribution in [1.29, 1.82) is 0 Å². The van der Waals surface area contributed by atoms with Gasteiger partial charge in [0.15, 0.2) is 15.6 Å². The number of rotatable bonds is 7. The molecule has 150 valence electrons. The topological polar surface area (TPSA) is 105 Å². The van der Waals surface area contributed by atoms with Crippen molar-refractivity contribution in [3.8, 4) is 0 Å². The molecule has 2 amide bonds. The lowest BCUT2D eigenvalue weighted by atomic mass is 10.1. The van der Waals surface area contributed by atoms with Gasteiger partial charge in [-0.1, -0.05) is 24.3 Å². The molecular formula is C21H20N2O5S. The fourth-order valence-electron chi connectivity index (χ4n) is 2.75. The SMILES string of the molecule is CS(=O)(=O)Cc1cccc(C(=O)NCc2cccc(NC(=O)c3ccco3)c2)c1. The maximum absolute atomic E-state index is 12.4. The third-order valence-electron chi connectivity index (χ3n) is 4.00. The van der Waals surface area contributed by atoms with E-state index in [9.17, 15) is 18.0 Å². The van der Waals surface area contributed by atoms with Gasteiger partial charge in [0.1, 0.15) is 0 Å². The van der Waals surface area contributed by atoms with Crippen LogP contribution in [-0.4, -0.2) is 26.5 Å². The molecule has 0 aliphatic heterocycles. The zero-order valence-electron chi connectivity index (χ0n) is 15.7. The average molecular weight is 412 g/mol. The van der Waals surface area contributed by atoms with E-state index in [0.29, 0.717) is 16.8 Å². The van der Waals surface area contributed by atoms with E-state index >= 15 is 0 Å². The molecule has 0 radical (unpaired) electrons. The van der Waals surface area contributed by atoms with Crippen LogP contribution in [0.25, 0.3) is 0 Å². The summed E-state index contributed by atoms with van der Waals surface area (Å²) in [5.74, 6) is -0.590. The Hall–Kier alpha value is -3.39. The second kappa shape index (κ2) is 8.74. The number of carbonyl (C=O) groups is 2. The second-order valence-corrected chi connectivity index (χ2v) is 8.73. The molecule has 0 spiro atoms. The number of hydrogen-bond donors (Lipinski definition) is 2. The first-order valence-electron chi connectivity index (χ1n) is 8.79. The summed E-state index contributed by atoms with van der Waals surface area (Å²) in [6.45, 7) is 0.250. The van der Waals surface area contributed by atoms with Crippen LogP contribution in [0.15, 0.2) is 71.3 Å². The summed E-state index contributed by atoms with van der Waals surface area (Å²) < 4.78 is 27.9. The maximum Gasteiger partial charge on any atom is 0.291 e. The quantitative estimate of drug-likeness (QED) is 0.621. The van der Waals surface area contributed by atoms with Crippen LogP contribution in [-0.2, 0) is 22.1 Å². The standard InChI is InChI=1S/C21H20N2O5S/c1-29(26,27)14-16-6-2-7-17(11-16)20(24)22-13-15-5-3-8-18(12-15)23-21(25)19-9-4-10-28-19/h2-12H,13-14H2,1H3,(H,22,24)(H,23,25). The molecule has 0 aliphatic carbocycles. The summed E-state index contributed by atoms with van der Waals surface area (Å²) in [6, 6.07) is 16.8. The molecule has 2 N–H and O–H groups in total. The van der Waals surface area contributed by atoms with Crippen LogP contribution < -0.4 is 10.6 Å². The number of hydrogen-bond acceptors (Lipinski definition) is 5. The first-order valence-corrected chi connectivity index (χ1v) is 10.8. The lowest BCUT2D eigenvalue weighted by Crippen LogP contribution is -2.23. The minimum Gasteiger partial charge on any atom is -0.459 e. The fourth-order valence-corrected chi connectivity index (χ4v) is 3.53. The number of furan rings is 1. The van der Waals surface area contributed by atoms with E-state index < -0.39 is 9.84 Å². The second-order valence-electron chi connectivity index (χ2n) is 6.58. The van der Waals surface area contributed by atoms with Crippen molar-refractivity contribution in [1.82, 2.24) is 5.32 Å². The Bertz CT molecular complexity index is 1120. The first kappa shape index (κ1) is 20.3. The maximum atomic E-state index is 12.4. The largest absolute Gasteiger partial charge is 0.459 e. The number of amides is 2. The lowest BCUT2D eigenvalue weighted by Gasteiger charge is -2.09. The highest BCUT2D eigenvalue weighted by atomic mass is 32.2. The highest BCUT2D eigenvalue weighted by molar-refractivity contribution is 7.89. The Morgan fingerprint density at radius 1 is 0.931 bits per heavy atom. The molecule has 0 fully saturated rings.